The molecular formula is C17H24N2O. The summed E-state index contributed by atoms with van der Waals surface area (Å²) in [6.07, 6.45) is 2.98. The first-order chi connectivity index (χ1) is 9.65. The van der Waals surface area contributed by atoms with E-state index >= 15 is 0 Å². The van der Waals surface area contributed by atoms with Crippen LogP contribution in [-0.2, 0) is 11.2 Å². The number of nitrogens with one attached hydrogen (secondary N) is 1. The number of aryl methyl sites for hydroxylation is 2. The summed E-state index contributed by atoms with van der Waals surface area (Å²) in [5, 5.41) is 3.44. The molecule has 2 unspecified atom stereocenters. The fourth-order valence-electron chi connectivity index (χ4n) is 3.63. The lowest BCUT2D eigenvalue weighted by Crippen LogP contribution is -2.48. The number of amides is 1. The first-order valence-corrected chi connectivity index (χ1v) is 7.71. The van der Waals surface area contributed by atoms with Gasteiger partial charge in [-0.05, 0) is 43.7 Å². The number of rotatable bonds is 2. The van der Waals surface area contributed by atoms with Gasteiger partial charge < -0.3 is 10.2 Å². The molecule has 0 aromatic heterocycles. The van der Waals surface area contributed by atoms with Crippen LogP contribution in [0.15, 0.2) is 18.2 Å². The summed E-state index contributed by atoms with van der Waals surface area (Å²) >= 11 is 0. The third-order valence-corrected chi connectivity index (χ3v) is 4.85. The molecule has 1 N–H and O–H groups in total. The van der Waals surface area contributed by atoms with E-state index in [1.165, 1.54) is 23.1 Å². The average Bonchev–Trinajstić information content (AvgIpc) is 2.91. The van der Waals surface area contributed by atoms with E-state index in [0.717, 1.165) is 26.1 Å². The Bertz CT molecular complexity index is 512. The summed E-state index contributed by atoms with van der Waals surface area (Å²) in [4.78, 5) is 14.8. The number of hydrogen-bond donors (Lipinski definition) is 1. The number of fused-ring (bicyclic) bond motifs is 1. The quantitative estimate of drug-likeness (QED) is 0.894. The van der Waals surface area contributed by atoms with E-state index in [-0.39, 0.29) is 0 Å². The van der Waals surface area contributed by atoms with Crippen LogP contribution in [0.25, 0.3) is 0 Å². The molecule has 3 rings (SSSR count). The van der Waals surface area contributed by atoms with Crippen LogP contribution in [0.5, 0.6) is 0 Å². The fourth-order valence-corrected chi connectivity index (χ4v) is 3.63. The molecule has 0 bridgehead atoms. The summed E-state index contributed by atoms with van der Waals surface area (Å²) in [7, 11) is 0. The van der Waals surface area contributed by atoms with Crippen molar-refractivity contribution in [1.82, 2.24) is 10.2 Å². The zero-order valence-electron chi connectivity index (χ0n) is 12.5. The number of carbonyl (C=O) groups is 1. The molecular weight excluding hydrogens is 248 g/mol. The number of carbonyl (C=O) groups excluding carboxylic acids is 1. The Labute approximate surface area is 121 Å². The molecule has 2 aliphatic heterocycles. The van der Waals surface area contributed by atoms with Gasteiger partial charge in [-0.3, -0.25) is 4.79 Å². The molecule has 2 atom stereocenters. The Morgan fingerprint density at radius 1 is 1.35 bits per heavy atom. The minimum Gasteiger partial charge on any atom is -0.338 e. The standard InChI is InChI=1S/C17H24N2O/c1-12-5-6-13(2)15(8-12)9-17(20)19-7-3-4-14-10-18-11-16(14)19/h5-6,8,14,16,18H,3-4,7,9-11H2,1-2H3. The van der Waals surface area contributed by atoms with Crippen LogP contribution in [-0.4, -0.2) is 36.5 Å². The minimum atomic E-state index is 0.303. The molecule has 3 nitrogen and oxygen atoms in total. The van der Waals surface area contributed by atoms with Crippen molar-refractivity contribution in [3.05, 3.63) is 34.9 Å². The molecule has 0 radical (unpaired) electrons. The zero-order chi connectivity index (χ0) is 14.1. The fraction of sp³-hybridized carbons (Fsp3) is 0.588. The lowest BCUT2D eigenvalue weighted by molar-refractivity contribution is -0.134. The van der Waals surface area contributed by atoms with Crippen molar-refractivity contribution in [2.75, 3.05) is 19.6 Å². The first kappa shape index (κ1) is 13.6. The summed E-state index contributed by atoms with van der Waals surface area (Å²) in [5.41, 5.74) is 3.64. The normalized spacial score (nSPS) is 25.6. The van der Waals surface area contributed by atoms with Crippen LogP contribution in [0, 0.1) is 19.8 Å². The van der Waals surface area contributed by atoms with Crippen LogP contribution in [0.1, 0.15) is 29.5 Å². The van der Waals surface area contributed by atoms with Crippen molar-refractivity contribution in [2.45, 2.75) is 39.2 Å². The molecule has 1 aromatic carbocycles. The number of likely N-dealkylation sites (tertiary alicyclic amines) is 1. The summed E-state index contributed by atoms with van der Waals surface area (Å²) in [6, 6.07) is 6.82. The van der Waals surface area contributed by atoms with E-state index in [9.17, 15) is 4.79 Å². The Kier molecular flexibility index (Phi) is 3.79. The number of nitrogens with zero attached hydrogens (tertiary/aromatic N) is 1. The van der Waals surface area contributed by atoms with E-state index in [4.69, 9.17) is 0 Å². The molecule has 2 fully saturated rings. The third-order valence-electron chi connectivity index (χ3n) is 4.85. The van der Waals surface area contributed by atoms with Gasteiger partial charge in [0.2, 0.25) is 5.91 Å². The monoisotopic (exact) mass is 272 g/mol. The van der Waals surface area contributed by atoms with Gasteiger partial charge in [-0.1, -0.05) is 23.8 Å². The zero-order valence-corrected chi connectivity index (χ0v) is 12.5. The van der Waals surface area contributed by atoms with Crippen LogP contribution < -0.4 is 5.32 Å². The second-order valence-electron chi connectivity index (χ2n) is 6.32. The van der Waals surface area contributed by atoms with E-state index in [1.54, 1.807) is 0 Å². The van der Waals surface area contributed by atoms with Crippen LogP contribution in [0.4, 0.5) is 0 Å². The van der Waals surface area contributed by atoms with Gasteiger partial charge in [0.15, 0.2) is 0 Å². The molecule has 0 saturated carbocycles. The highest BCUT2D eigenvalue weighted by atomic mass is 16.2. The Morgan fingerprint density at radius 2 is 2.20 bits per heavy atom. The Hall–Kier alpha value is -1.35. The number of hydrogen-bond acceptors (Lipinski definition) is 2. The summed E-state index contributed by atoms with van der Waals surface area (Å²) < 4.78 is 0. The lowest BCUT2D eigenvalue weighted by atomic mass is 9.91. The number of piperidine rings is 1. The highest BCUT2D eigenvalue weighted by molar-refractivity contribution is 5.79. The van der Waals surface area contributed by atoms with Crippen molar-refractivity contribution >= 4 is 5.91 Å². The smallest absolute Gasteiger partial charge is 0.227 e. The van der Waals surface area contributed by atoms with Crippen molar-refractivity contribution in [3.63, 3.8) is 0 Å². The van der Waals surface area contributed by atoms with Crippen LogP contribution in [0.2, 0.25) is 0 Å². The van der Waals surface area contributed by atoms with Gasteiger partial charge in [0, 0.05) is 25.7 Å². The molecule has 2 heterocycles. The maximum atomic E-state index is 12.7. The predicted molar refractivity (Wildman–Crippen MR) is 80.7 cm³/mol. The second-order valence-corrected chi connectivity index (χ2v) is 6.32. The number of benzene rings is 1. The van der Waals surface area contributed by atoms with Crippen molar-refractivity contribution < 1.29 is 4.79 Å². The predicted octanol–water partition coefficient (Wildman–Crippen LogP) is 2.06. The van der Waals surface area contributed by atoms with Gasteiger partial charge in [-0.15, -0.1) is 0 Å². The molecule has 3 heteroatoms. The van der Waals surface area contributed by atoms with Gasteiger partial charge in [-0.25, -0.2) is 0 Å². The summed E-state index contributed by atoms with van der Waals surface area (Å²) in [5.74, 6) is 0.975. The molecule has 1 aromatic rings. The highest BCUT2D eigenvalue weighted by Gasteiger charge is 2.37. The third kappa shape index (κ3) is 2.59. The minimum absolute atomic E-state index is 0.303. The van der Waals surface area contributed by atoms with Gasteiger partial charge in [0.1, 0.15) is 0 Å². The van der Waals surface area contributed by atoms with E-state index in [1.807, 2.05) is 0 Å². The molecule has 20 heavy (non-hydrogen) atoms. The highest BCUT2D eigenvalue weighted by Crippen LogP contribution is 2.27. The van der Waals surface area contributed by atoms with Gasteiger partial charge >= 0.3 is 0 Å². The van der Waals surface area contributed by atoms with Crippen molar-refractivity contribution in [1.29, 1.82) is 0 Å². The molecule has 2 aliphatic rings. The largest absolute Gasteiger partial charge is 0.338 e. The van der Waals surface area contributed by atoms with E-state index in [0.29, 0.717) is 24.3 Å². The van der Waals surface area contributed by atoms with E-state index < -0.39 is 0 Å². The topological polar surface area (TPSA) is 32.3 Å². The van der Waals surface area contributed by atoms with Crippen LogP contribution in [0.3, 0.4) is 0 Å². The van der Waals surface area contributed by atoms with Gasteiger partial charge in [0.05, 0.1) is 6.42 Å². The molecule has 0 spiro atoms. The molecule has 108 valence electrons. The first-order valence-electron chi connectivity index (χ1n) is 7.71. The maximum Gasteiger partial charge on any atom is 0.227 e. The second kappa shape index (κ2) is 5.57. The van der Waals surface area contributed by atoms with Crippen LogP contribution >= 0.6 is 0 Å². The van der Waals surface area contributed by atoms with Crippen molar-refractivity contribution in [2.24, 2.45) is 5.92 Å². The van der Waals surface area contributed by atoms with Gasteiger partial charge in [0.25, 0.3) is 0 Å². The van der Waals surface area contributed by atoms with Gasteiger partial charge in [-0.2, -0.15) is 0 Å². The maximum absolute atomic E-state index is 12.7. The molecule has 2 saturated heterocycles. The summed E-state index contributed by atoms with van der Waals surface area (Å²) in [6.45, 7) is 7.18. The Morgan fingerprint density at radius 3 is 3.05 bits per heavy atom. The van der Waals surface area contributed by atoms with E-state index in [2.05, 4.69) is 42.3 Å². The van der Waals surface area contributed by atoms with Crippen molar-refractivity contribution in [3.8, 4) is 0 Å². The SMILES string of the molecule is Cc1ccc(C)c(CC(=O)N2CCCC3CNCC32)c1. The molecule has 1 amide bonds. The Balaban J connectivity index is 1.74. The molecule has 0 aliphatic carbocycles. The lowest BCUT2D eigenvalue weighted by Gasteiger charge is -2.37. The average molecular weight is 272 g/mol.